The van der Waals surface area contributed by atoms with Crippen molar-refractivity contribution in [1.82, 2.24) is 14.7 Å². The zero-order valence-electron chi connectivity index (χ0n) is 6.81. The van der Waals surface area contributed by atoms with Crippen molar-refractivity contribution in [1.29, 1.82) is 5.41 Å². The van der Waals surface area contributed by atoms with E-state index in [2.05, 4.69) is 9.97 Å². The quantitative estimate of drug-likeness (QED) is 0.452. The van der Waals surface area contributed by atoms with Crippen LogP contribution in [0.2, 0.25) is 0 Å². The zero-order chi connectivity index (χ0) is 9.30. The third-order valence-corrected chi connectivity index (χ3v) is 1.23. The van der Waals surface area contributed by atoms with Gasteiger partial charge in [-0.3, -0.25) is 5.41 Å². The molecule has 0 aliphatic carbocycles. The van der Waals surface area contributed by atoms with Crippen LogP contribution in [-0.4, -0.2) is 34.0 Å². The van der Waals surface area contributed by atoms with Crippen molar-refractivity contribution in [2.75, 3.05) is 24.7 Å². The van der Waals surface area contributed by atoms with Gasteiger partial charge in [-0.05, 0) is 0 Å². The van der Waals surface area contributed by atoms with Crippen LogP contribution in [0.15, 0.2) is 0 Å². The molecule has 0 atom stereocenters. The summed E-state index contributed by atoms with van der Waals surface area (Å²) in [6.07, 6.45) is 0. The summed E-state index contributed by atoms with van der Waals surface area (Å²) in [5.41, 5.74) is 4.93. The van der Waals surface area contributed by atoms with Crippen molar-refractivity contribution in [2.24, 2.45) is 0 Å². The monoisotopic (exact) mass is 170 g/mol. The maximum atomic E-state index is 9.20. The number of nitrogen functional groups attached to an aromatic ring is 1. The molecule has 0 aliphatic heterocycles. The lowest BCUT2D eigenvalue weighted by Crippen LogP contribution is -2.29. The van der Waals surface area contributed by atoms with Gasteiger partial charge in [-0.15, -0.1) is 4.73 Å². The van der Waals surface area contributed by atoms with E-state index in [9.17, 15) is 5.21 Å². The van der Waals surface area contributed by atoms with Crippen LogP contribution >= 0.6 is 0 Å². The fourth-order valence-corrected chi connectivity index (χ4v) is 0.715. The zero-order valence-corrected chi connectivity index (χ0v) is 6.81. The third kappa shape index (κ3) is 1.29. The van der Waals surface area contributed by atoms with E-state index in [1.165, 1.54) is 4.90 Å². The fourth-order valence-electron chi connectivity index (χ4n) is 0.715. The van der Waals surface area contributed by atoms with Gasteiger partial charge in [0.1, 0.15) is 0 Å². The van der Waals surface area contributed by atoms with E-state index in [0.29, 0.717) is 4.73 Å². The smallest absolute Gasteiger partial charge is 0.262 e. The first-order valence-corrected chi connectivity index (χ1v) is 3.20. The van der Waals surface area contributed by atoms with Crippen molar-refractivity contribution in [3.05, 3.63) is 5.62 Å². The van der Waals surface area contributed by atoms with Crippen LogP contribution in [0, 0.1) is 5.41 Å². The number of nitrogens with zero attached hydrogens (tertiary/aromatic N) is 4. The summed E-state index contributed by atoms with van der Waals surface area (Å²) < 4.78 is 0.552. The molecule has 1 heterocycles. The van der Waals surface area contributed by atoms with Crippen LogP contribution in [0.5, 0.6) is 0 Å². The van der Waals surface area contributed by atoms with Gasteiger partial charge < -0.3 is 15.8 Å². The van der Waals surface area contributed by atoms with Gasteiger partial charge in [0, 0.05) is 14.1 Å². The van der Waals surface area contributed by atoms with Gasteiger partial charge in [0.25, 0.3) is 5.62 Å². The van der Waals surface area contributed by atoms with Gasteiger partial charge in [0.05, 0.1) is 0 Å². The van der Waals surface area contributed by atoms with E-state index in [4.69, 9.17) is 11.1 Å². The highest BCUT2D eigenvalue weighted by Gasteiger charge is 2.06. The Labute approximate surface area is 68.6 Å². The topological polar surface area (TPSA) is 104 Å². The van der Waals surface area contributed by atoms with Gasteiger partial charge in [0.2, 0.25) is 11.9 Å². The highest BCUT2D eigenvalue weighted by atomic mass is 16.5. The molecule has 1 aromatic heterocycles. The first-order valence-electron chi connectivity index (χ1n) is 3.20. The second kappa shape index (κ2) is 2.68. The molecule has 0 fully saturated rings. The normalized spacial score (nSPS) is 9.83. The molecule has 0 saturated heterocycles. The number of aromatic nitrogens is 3. The minimum atomic E-state index is -0.341. The first kappa shape index (κ1) is 8.31. The lowest BCUT2D eigenvalue weighted by molar-refractivity contribution is 0.165. The fraction of sp³-hybridized carbons (Fsp3) is 0.400. The molecule has 12 heavy (non-hydrogen) atoms. The highest BCUT2D eigenvalue weighted by Crippen LogP contribution is 2.01. The van der Waals surface area contributed by atoms with Crippen molar-refractivity contribution in [3.8, 4) is 0 Å². The Kier molecular flexibility index (Phi) is 1.86. The minimum absolute atomic E-state index is 0.0333. The second-order valence-corrected chi connectivity index (χ2v) is 2.41. The summed E-state index contributed by atoms with van der Waals surface area (Å²) in [5.74, 6) is 0.140. The van der Waals surface area contributed by atoms with Gasteiger partial charge in [0.15, 0.2) is 0 Å². The van der Waals surface area contributed by atoms with Crippen molar-refractivity contribution in [3.63, 3.8) is 0 Å². The number of hydrogen-bond acceptors (Lipinski definition) is 6. The maximum absolute atomic E-state index is 9.20. The average molecular weight is 170 g/mol. The third-order valence-electron chi connectivity index (χ3n) is 1.23. The Morgan fingerprint density at radius 3 is 2.58 bits per heavy atom. The summed E-state index contributed by atoms with van der Waals surface area (Å²) >= 11 is 0. The second-order valence-electron chi connectivity index (χ2n) is 2.41. The molecule has 0 aliphatic rings. The molecule has 7 heteroatoms. The highest BCUT2D eigenvalue weighted by molar-refractivity contribution is 5.31. The number of rotatable bonds is 1. The Morgan fingerprint density at radius 2 is 2.08 bits per heavy atom. The van der Waals surface area contributed by atoms with Crippen LogP contribution in [0.3, 0.4) is 0 Å². The van der Waals surface area contributed by atoms with E-state index in [0.717, 1.165) is 0 Å². The van der Waals surface area contributed by atoms with Crippen LogP contribution in [0.4, 0.5) is 11.9 Å². The maximum Gasteiger partial charge on any atom is 0.262 e. The summed E-state index contributed by atoms with van der Waals surface area (Å²) in [7, 11) is 3.35. The van der Waals surface area contributed by atoms with Gasteiger partial charge in [-0.25, -0.2) is 0 Å². The minimum Gasteiger partial charge on any atom is -0.422 e. The first-order chi connectivity index (χ1) is 5.52. The van der Waals surface area contributed by atoms with Crippen LogP contribution in [-0.2, 0) is 0 Å². The van der Waals surface area contributed by atoms with Gasteiger partial charge in [-0.2, -0.15) is 9.97 Å². The summed E-state index contributed by atoms with van der Waals surface area (Å²) in [6.45, 7) is 0. The van der Waals surface area contributed by atoms with Crippen LogP contribution in [0.1, 0.15) is 0 Å². The lowest BCUT2D eigenvalue weighted by Gasteiger charge is -2.13. The Morgan fingerprint density at radius 1 is 1.50 bits per heavy atom. The molecule has 0 saturated carbocycles. The van der Waals surface area contributed by atoms with Crippen molar-refractivity contribution >= 4 is 11.9 Å². The number of hydrogen-bond donors (Lipinski definition) is 3. The standard InChI is InChI=1S/C5H10N6O/c1-10(2)5-9-3(6)8-4(7)11(5)12/h12H,1-2H3,(H3,6,7,8). The summed E-state index contributed by atoms with van der Waals surface area (Å²) in [6, 6.07) is 0. The van der Waals surface area contributed by atoms with Gasteiger partial charge >= 0.3 is 0 Å². The average Bonchev–Trinajstić information content (AvgIpc) is 1.96. The number of nitrogens with one attached hydrogen (secondary N) is 1. The van der Waals surface area contributed by atoms with E-state index in [-0.39, 0.29) is 17.5 Å². The molecular formula is C5H10N6O. The Hall–Kier alpha value is -1.79. The molecule has 0 radical (unpaired) electrons. The molecule has 4 N–H and O–H groups in total. The molecule has 0 amide bonds. The van der Waals surface area contributed by atoms with E-state index in [1.54, 1.807) is 14.1 Å². The SMILES string of the molecule is CN(C)c1nc(N)nc(=N)n1O. The van der Waals surface area contributed by atoms with E-state index < -0.39 is 0 Å². The molecule has 66 valence electrons. The largest absolute Gasteiger partial charge is 0.422 e. The van der Waals surface area contributed by atoms with Crippen LogP contribution in [0.25, 0.3) is 0 Å². The molecule has 0 bridgehead atoms. The molecular weight excluding hydrogens is 160 g/mol. The molecule has 1 aromatic rings. The molecule has 0 spiro atoms. The van der Waals surface area contributed by atoms with Gasteiger partial charge in [-0.1, -0.05) is 0 Å². The predicted molar refractivity (Wildman–Crippen MR) is 41.8 cm³/mol. The summed E-state index contributed by atoms with van der Waals surface area (Å²) in [5, 5.41) is 16.3. The summed E-state index contributed by atoms with van der Waals surface area (Å²) in [4.78, 5) is 8.68. The van der Waals surface area contributed by atoms with Crippen molar-refractivity contribution < 1.29 is 5.21 Å². The Bertz CT molecular complexity index is 342. The van der Waals surface area contributed by atoms with Crippen molar-refractivity contribution in [2.45, 2.75) is 0 Å². The predicted octanol–water partition coefficient (Wildman–Crippen LogP) is -1.36. The number of nitrogens with two attached hydrogens (primary N) is 1. The number of anilines is 2. The lowest BCUT2D eigenvalue weighted by atomic mass is 10.8. The molecule has 0 aromatic carbocycles. The molecule has 1 rings (SSSR count). The molecule has 0 unspecified atom stereocenters. The van der Waals surface area contributed by atoms with Crippen LogP contribution < -0.4 is 16.3 Å². The molecule has 7 nitrogen and oxygen atoms in total. The van der Waals surface area contributed by atoms with E-state index >= 15 is 0 Å². The Balaban J connectivity index is 3.38. The van der Waals surface area contributed by atoms with E-state index in [1.807, 2.05) is 0 Å².